The van der Waals surface area contributed by atoms with E-state index in [1.54, 1.807) is 20.3 Å². The molecule has 0 bridgehead atoms. The molecule has 4 heteroatoms. The Labute approximate surface area is 151 Å². The van der Waals surface area contributed by atoms with Gasteiger partial charge in [-0.15, -0.1) is 0 Å². The molecule has 0 N–H and O–H groups in total. The van der Waals surface area contributed by atoms with Crippen molar-refractivity contribution in [3.8, 4) is 22.6 Å². The first-order chi connectivity index (χ1) is 12.7. The molecule has 3 aromatic rings. The van der Waals surface area contributed by atoms with Crippen LogP contribution in [0.1, 0.15) is 15.9 Å². The van der Waals surface area contributed by atoms with Crippen molar-refractivity contribution in [1.82, 2.24) is 0 Å². The molecule has 0 saturated heterocycles. The first-order valence-electron chi connectivity index (χ1n) is 8.26. The summed E-state index contributed by atoms with van der Waals surface area (Å²) < 4.78 is 16.1. The molecule has 4 nitrogen and oxygen atoms in total. The zero-order chi connectivity index (χ0) is 18.3. The second kappa shape index (κ2) is 6.23. The highest BCUT2D eigenvalue weighted by molar-refractivity contribution is 6.22. The summed E-state index contributed by atoms with van der Waals surface area (Å²) in [5.74, 6) is 1.74. The second-order valence-corrected chi connectivity index (χ2v) is 6.08. The average Bonchev–Trinajstić information content (AvgIpc) is 2.69. The monoisotopic (exact) mass is 346 g/mol. The van der Waals surface area contributed by atoms with Crippen LogP contribution >= 0.6 is 0 Å². The molecule has 0 amide bonds. The molecule has 3 aromatic carbocycles. The Morgan fingerprint density at radius 1 is 0.808 bits per heavy atom. The molecule has 0 unspecified atom stereocenters. The summed E-state index contributed by atoms with van der Waals surface area (Å²) in [6.07, 6.45) is 1.80. The molecular formula is C22H18O4. The van der Waals surface area contributed by atoms with E-state index in [1.807, 2.05) is 36.4 Å². The molecule has 1 aliphatic rings. The maximum absolute atomic E-state index is 12.5. The number of carbonyl (C=O) groups is 1. The predicted octanol–water partition coefficient (Wildman–Crippen LogP) is 4.71. The fraction of sp³-hybridized carbons (Fsp3) is 0.136. The summed E-state index contributed by atoms with van der Waals surface area (Å²) in [5.41, 5.74) is 3.60. The van der Waals surface area contributed by atoms with E-state index in [4.69, 9.17) is 14.2 Å². The third-order valence-corrected chi connectivity index (χ3v) is 4.70. The van der Waals surface area contributed by atoms with Crippen molar-refractivity contribution in [2.24, 2.45) is 0 Å². The number of ether oxygens (including phenoxy) is 3. The SMILES string of the molecule is COC1=Cc2cc(-c3ccc(OC)cc3OC)cc3cccc(c23)C1=O. The summed E-state index contributed by atoms with van der Waals surface area (Å²) in [6.45, 7) is 0. The van der Waals surface area contributed by atoms with Crippen LogP contribution in [0.3, 0.4) is 0 Å². The van der Waals surface area contributed by atoms with E-state index in [9.17, 15) is 4.79 Å². The summed E-state index contributed by atoms with van der Waals surface area (Å²) >= 11 is 0. The maximum atomic E-state index is 12.5. The van der Waals surface area contributed by atoms with E-state index in [1.165, 1.54) is 7.11 Å². The minimum atomic E-state index is -0.0830. The van der Waals surface area contributed by atoms with Crippen LogP contribution in [0.2, 0.25) is 0 Å². The standard InChI is InChI=1S/C22H18O4/c1-24-16-7-8-17(19(12-16)25-2)14-9-13-5-4-6-18-21(13)15(10-14)11-20(26-3)22(18)23/h4-12H,1-3H3. The van der Waals surface area contributed by atoms with Crippen LogP contribution in [-0.4, -0.2) is 27.1 Å². The molecule has 130 valence electrons. The molecule has 0 aromatic heterocycles. The summed E-state index contributed by atoms with van der Waals surface area (Å²) in [7, 11) is 4.79. The number of rotatable bonds is 4. The van der Waals surface area contributed by atoms with E-state index in [0.29, 0.717) is 11.3 Å². The molecule has 0 heterocycles. The van der Waals surface area contributed by atoms with Crippen LogP contribution < -0.4 is 9.47 Å². The van der Waals surface area contributed by atoms with Crippen molar-refractivity contribution >= 4 is 22.6 Å². The Balaban J connectivity index is 1.98. The highest BCUT2D eigenvalue weighted by Crippen LogP contribution is 2.39. The number of benzene rings is 3. The number of ketones is 1. The fourth-order valence-corrected chi connectivity index (χ4v) is 3.45. The van der Waals surface area contributed by atoms with Gasteiger partial charge in [0.15, 0.2) is 5.76 Å². The van der Waals surface area contributed by atoms with Crippen LogP contribution in [0.4, 0.5) is 0 Å². The number of allylic oxidation sites excluding steroid dienone is 1. The Kier molecular flexibility index (Phi) is 3.88. The summed E-state index contributed by atoms with van der Waals surface area (Å²) in [4.78, 5) is 12.5. The number of hydrogen-bond donors (Lipinski definition) is 0. The van der Waals surface area contributed by atoms with Crippen molar-refractivity contribution in [1.29, 1.82) is 0 Å². The molecule has 4 rings (SSSR count). The van der Waals surface area contributed by atoms with E-state index < -0.39 is 0 Å². The number of carbonyl (C=O) groups excluding carboxylic acids is 1. The molecule has 0 radical (unpaired) electrons. The molecular weight excluding hydrogens is 328 g/mol. The van der Waals surface area contributed by atoms with Gasteiger partial charge in [-0.2, -0.15) is 0 Å². The molecule has 1 aliphatic carbocycles. The molecule has 0 fully saturated rings. The van der Waals surface area contributed by atoms with E-state index in [-0.39, 0.29) is 5.78 Å². The van der Waals surface area contributed by atoms with E-state index in [0.717, 1.165) is 39.0 Å². The van der Waals surface area contributed by atoms with Crippen molar-refractivity contribution < 1.29 is 19.0 Å². The summed E-state index contributed by atoms with van der Waals surface area (Å²) in [6, 6.07) is 15.6. The smallest absolute Gasteiger partial charge is 0.228 e. The lowest BCUT2D eigenvalue weighted by Crippen LogP contribution is -2.10. The van der Waals surface area contributed by atoms with Crippen LogP contribution in [0, 0.1) is 0 Å². The number of hydrogen-bond acceptors (Lipinski definition) is 4. The Bertz CT molecular complexity index is 1060. The van der Waals surface area contributed by atoms with Gasteiger partial charge >= 0.3 is 0 Å². The van der Waals surface area contributed by atoms with Gasteiger partial charge in [0.1, 0.15) is 11.5 Å². The predicted molar refractivity (Wildman–Crippen MR) is 102 cm³/mol. The van der Waals surface area contributed by atoms with Gasteiger partial charge in [-0.1, -0.05) is 18.2 Å². The van der Waals surface area contributed by atoms with Crippen LogP contribution in [-0.2, 0) is 4.74 Å². The zero-order valence-corrected chi connectivity index (χ0v) is 14.8. The lowest BCUT2D eigenvalue weighted by molar-refractivity contribution is 0.0957. The van der Waals surface area contributed by atoms with Gasteiger partial charge in [-0.05, 0) is 46.9 Å². The molecule has 26 heavy (non-hydrogen) atoms. The van der Waals surface area contributed by atoms with Gasteiger partial charge in [0, 0.05) is 22.6 Å². The van der Waals surface area contributed by atoms with Gasteiger partial charge in [0.25, 0.3) is 0 Å². The third kappa shape index (κ3) is 2.42. The highest BCUT2D eigenvalue weighted by atomic mass is 16.5. The van der Waals surface area contributed by atoms with Crippen molar-refractivity contribution in [2.45, 2.75) is 0 Å². The molecule has 0 aliphatic heterocycles. The summed E-state index contributed by atoms with van der Waals surface area (Å²) in [5, 5.41) is 1.96. The van der Waals surface area contributed by atoms with Crippen LogP contribution in [0.5, 0.6) is 11.5 Å². The van der Waals surface area contributed by atoms with Gasteiger partial charge in [0.05, 0.1) is 21.3 Å². The van der Waals surface area contributed by atoms with Crippen molar-refractivity contribution in [3.05, 3.63) is 65.4 Å². The Hall–Kier alpha value is -3.27. The van der Waals surface area contributed by atoms with Gasteiger partial charge < -0.3 is 14.2 Å². The lowest BCUT2D eigenvalue weighted by Gasteiger charge is -2.18. The third-order valence-electron chi connectivity index (χ3n) is 4.70. The van der Waals surface area contributed by atoms with E-state index >= 15 is 0 Å². The van der Waals surface area contributed by atoms with Gasteiger partial charge in [-0.25, -0.2) is 0 Å². The minimum absolute atomic E-state index is 0.0830. The first-order valence-corrected chi connectivity index (χ1v) is 8.26. The van der Waals surface area contributed by atoms with Crippen molar-refractivity contribution in [2.75, 3.05) is 21.3 Å². The van der Waals surface area contributed by atoms with Gasteiger partial charge in [0.2, 0.25) is 5.78 Å². The second-order valence-electron chi connectivity index (χ2n) is 6.08. The maximum Gasteiger partial charge on any atom is 0.228 e. The number of Topliss-reactive ketones (excluding diaryl/α,β-unsaturated/α-hetero) is 1. The van der Waals surface area contributed by atoms with Crippen molar-refractivity contribution in [3.63, 3.8) is 0 Å². The quantitative estimate of drug-likeness (QED) is 0.686. The van der Waals surface area contributed by atoms with E-state index in [2.05, 4.69) is 12.1 Å². The lowest BCUT2D eigenvalue weighted by atomic mass is 9.88. The fourth-order valence-electron chi connectivity index (χ4n) is 3.45. The molecule has 0 atom stereocenters. The average molecular weight is 346 g/mol. The van der Waals surface area contributed by atoms with Gasteiger partial charge in [-0.3, -0.25) is 4.79 Å². The largest absolute Gasteiger partial charge is 0.497 e. The Morgan fingerprint density at radius 3 is 2.38 bits per heavy atom. The van der Waals surface area contributed by atoms with Crippen LogP contribution in [0.15, 0.2) is 54.3 Å². The molecule has 0 spiro atoms. The first kappa shape index (κ1) is 16.2. The highest BCUT2D eigenvalue weighted by Gasteiger charge is 2.23. The molecule has 0 saturated carbocycles. The van der Waals surface area contributed by atoms with Crippen LogP contribution in [0.25, 0.3) is 28.0 Å². The Morgan fingerprint density at radius 2 is 1.65 bits per heavy atom. The topological polar surface area (TPSA) is 44.8 Å². The minimum Gasteiger partial charge on any atom is -0.497 e. The normalized spacial score (nSPS) is 12.7. The zero-order valence-electron chi connectivity index (χ0n) is 14.8. The number of methoxy groups -OCH3 is 3.